The Morgan fingerprint density at radius 2 is 1.56 bits per heavy atom. The van der Waals surface area contributed by atoms with Crippen molar-refractivity contribution in [3.63, 3.8) is 0 Å². The van der Waals surface area contributed by atoms with E-state index >= 15 is 0 Å². The highest BCUT2D eigenvalue weighted by Gasteiger charge is 2.40. The number of nitrogens with zero attached hydrogens (tertiary/aromatic N) is 2. The zero-order valence-electron chi connectivity index (χ0n) is 23.8. The van der Waals surface area contributed by atoms with Gasteiger partial charge in [-0.3, -0.25) is 19.3 Å². The lowest BCUT2D eigenvalue weighted by molar-refractivity contribution is -0.141. The van der Waals surface area contributed by atoms with E-state index in [4.69, 9.17) is 0 Å². The molecule has 0 saturated carbocycles. The highest BCUT2D eigenvalue weighted by molar-refractivity contribution is 7.12. The van der Waals surface area contributed by atoms with Crippen LogP contribution in [0, 0.1) is 12.8 Å². The van der Waals surface area contributed by atoms with E-state index in [9.17, 15) is 24.3 Å². The monoisotopic (exact) mass is 596 g/mol. The molecule has 2 unspecified atom stereocenters. The van der Waals surface area contributed by atoms with E-state index < -0.39 is 11.9 Å². The van der Waals surface area contributed by atoms with Crippen LogP contribution in [0.5, 0.6) is 0 Å². The Kier molecular flexibility index (Phi) is 8.87. The number of aliphatic carboxylic acids is 1. The molecule has 9 nitrogen and oxygen atoms in total. The molecular weight excluding hydrogens is 564 g/mol. The third-order valence-electron chi connectivity index (χ3n) is 7.63. The number of hydrogen-bond donors (Lipinski definition) is 3. The Bertz CT molecular complexity index is 1620. The fraction of sp³-hybridized carbons (Fsp3) is 0.212. The maximum Gasteiger partial charge on any atom is 0.326 e. The largest absolute Gasteiger partial charge is 0.481 e. The van der Waals surface area contributed by atoms with Gasteiger partial charge in [0.05, 0.1) is 17.2 Å². The number of aryl methyl sites for hydroxylation is 1. The SMILES string of the molecule is Cc1ccccc1N(C)C(=O)Nc1ccc(CC(=O)Nc2ccc(C3CN(C(=O)c4cccs4)CC3C(=O)O)cc2)cc1. The Hall–Kier alpha value is -4.96. The molecule has 0 spiro atoms. The number of para-hydroxylation sites is 1. The summed E-state index contributed by atoms with van der Waals surface area (Å²) in [6.07, 6.45) is 0.141. The molecule has 1 saturated heterocycles. The van der Waals surface area contributed by atoms with Crippen LogP contribution < -0.4 is 15.5 Å². The lowest BCUT2D eigenvalue weighted by Crippen LogP contribution is -2.31. The first-order valence-electron chi connectivity index (χ1n) is 13.8. The molecule has 0 aliphatic carbocycles. The second-order valence-electron chi connectivity index (χ2n) is 10.6. The zero-order valence-corrected chi connectivity index (χ0v) is 24.6. The number of nitrogens with one attached hydrogen (secondary N) is 2. The standard InChI is InChI=1S/C33H32N4O5S/c1-21-6-3-4-7-28(21)36(2)33(42)35-25-13-9-22(10-14-25)18-30(38)34-24-15-11-23(12-16-24)26-19-37(20-27(26)32(40)41)31(39)29-8-5-17-43-29/h3-17,26-27H,18-20H2,1-2H3,(H,34,38)(H,35,42)(H,40,41). The van der Waals surface area contributed by atoms with Crippen LogP contribution in [0.25, 0.3) is 0 Å². The van der Waals surface area contributed by atoms with Crippen molar-refractivity contribution in [2.24, 2.45) is 5.92 Å². The number of rotatable bonds is 8. The van der Waals surface area contributed by atoms with Crippen molar-refractivity contribution < 1.29 is 24.3 Å². The molecule has 5 rings (SSSR count). The van der Waals surface area contributed by atoms with E-state index in [2.05, 4.69) is 10.6 Å². The van der Waals surface area contributed by atoms with E-state index in [0.717, 1.165) is 22.4 Å². The maximum absolute atomic E-state index is 12.8. The van der Waals surface area contributed by atoms with E-state index in [-0.39, 0.29) is 36.7 Å². The summed E-state index contributed by atoms with van der Waals surface area (Å²) in [6, 6.07) is 25.1. The second kappa shape index (κ2) is 12.9. The molecule has 1 aliphatic rings. The quantitative estimate of drug-likeness (QED) is 0.236. The predicted octanol–water partition coefficient (Wildman–Crippen LogP) is 5.85. The summed E-state index contributed by atoms with van der Waals surface area (Å²) in [5.74, 6) is -2.35. The summed E-state index contributed by atoms with van der Waals surface area (Å²) < 4.78 is 0. The number of anilines is 3. The van der Waals surface area contributed by atoms with Crippen LogP contribution in [0.2, 0.25) is 0 Å². The fourth-order valence-corrected chi connectivity index (χ4v) is 5.97. The lowest BCUT2D eigenvalue weighted by atomic mass is 9.89. The molecule has 10 heteroatoms. The van der Waals surface area contributed by atoms with Crippen LogP contribution in [-0.2, 0) is 16.0 Å². The van der Waals surface area contributed by atoms with Gasteiger partial charge in [0.15, 0.2) is 0 Å². The van der Waals surface area contributed by atoms with Gasteiger partial charge in [-0.1, -0.05) is 48.5 Å². The van der Waals surface area contributed by atoms with Crippen molar-refractivity contribution in [2.45, 2.75) is 19.3 Å². The summed E-state index contributed by atoms with van der Waals surface area (Å²) in [6.45, 7) is 2.42. The van der Waals surface area contributed by atoms with Gasteiger partial charge in [0, 0.05) is 43.1 Å². The number of thiophene rings is 1. The summed E-state index contributed by atoms with van der Waals surface area (Å²) in [5.41, 5.74) is 4.60. The topological polar surface area (TPSA) is 119 Å². The molecule has 4 amide bonds. The summed E-state index contributed by atoms with van der Waals surface area (Å²) in [7, 11) is 1.71. The average molecular weight is 597 g/mol. The van der Waals surface area contributed by atoms with Gasteiger partial charge in [0.2, 0.25) is 5.91 Å². The number of hydrogen-bond acceptors (Lipinski definition) is 5. The number of urea groups is 1. The Labute approximate surface area is 253 Å². The maximum atomic E-state index is 12.8. The van der Waals surface area contributed by atoms with Gasteiger partial charge in [-0.05, 0) is 65.4 Å². The molecule has 3 aromatic carbocycles. The smallest absolute Gasteiger partial charge is 0.326 e. The van der Waals surface area contributed by atoms with Gasteiger partial charge in [-0.25, -0.2) is 4.79 Å². The molecule has 1 aliphatic heterocycles. The van der Waals surface area contributed by atoms with Crippen molar-refractivity contribution in [1.82, 2.24) is 4.90 Å². The van der Waals surface area contributed by atoms with Crippen molar-refractivity contribution in [2.75, 3.05) is 35.7 Å². The molecular formula is C33H32N4O5S. The molecule has 4 aromatic rings. The minimum atomic E-state index is -0.937. The predicted molar refractivity (Wildman–Crippen MR) is 168 cm³/mol. The van der Waals surface area contributed by atoms with E-state index in [1.165, 1.54) is 11.3 Å². The lowest BCUT2D eigenvalue weighted by Gasteiger charge is -2.20. The van der Waals surface area contributed by atoms with Gasteiger partial charge in [-0.15, -0.1) is 11.3 Å². The van der Waals surface area contributed by atoms with Crippen molar-refractivity contribution >= 4 is 52.2 Å². The third kappa shape index (κ3) is 6.92. The third-order valence-corrected chi connectivity index (χ3v) is 8.49. The first kappa shape index (κ1) is 29.5. The fourth-order valence-electron chi connectivity index (χ4n) is 5.28. The minimum absolute atomic E-state index is 0.141. The summed E-state index contributed by atoms with van der Waals surface area (Å²) >= 11 is 1.34. The van der Waals surface area contributed by atoms with Gasteiger partial charge in [0.25, 0.3) is 5.91 Å². The Balaban J connectivity index is 1.15. The van der Waals surface area contributed by atoms with Crippen LogP contribution in [0.4, 0.5) is 21.9 Å². The van der Waals surface area contributed by atoms with Crippen LogP contribution in [0.15, 0.2) is 90.3 Å². The van der Waals surface area contributed by atoms with Crippen LogP contribution in [0.3, 0.4) is 0 Å². The van der Waals surface area contributed by atoms with Crippen molar-refractivity contribution in [3.8, 4) is 0 Å². The molecule has 220 valence electrons. The highest BCUT2D eigenvalue weighted by atomic mass is 32.1. The Morgan fingerprint density at radius 3 is 2.21 bits per heavy atom. The van der Waals surface area contributed by atoms with Crippen LogP contribution in [-0.4, -0.2) is 54.0 Å². The molecule has 1 fully saturated rings. The first-order chi connectivity index (χ1) is 20.7. The average Bonchev–Trinajstić information content (AvgIpc) is 3.70. The molecule has 2 heterocycles. The number of carbonyl (C=O) groups is 4. The van der Waals surface area contributed by atoms with Gasteiger partial charge in [-0.2, -0.15) is 0 Å². The number of amides is 4. The van der Waals surface area contributed by atoms with Crippen LogP contribution >= 0.6 is 11.3 Å². The molecule has 3 N–H and O–H groups in total. The molecule has 1 aromatic heterocycles. The van der Waals surface area contributed by atoms with Gasteiger partial charge >= 0.3 is 12.0 Å². The van der Waals surface area contributed by atoms with E-state index in [1.807, 2.05) is 36.6 Å². The summed E-state index contributed by atoms with van der Waals surface area (Å²) in [4.78, 5) is 54.0. The number of carboxylic acids is 1. The normalized spacial score (nSPS) is 16.0. The van der Waals surface area contributed by atoms with Crippen molar-refractivity contribution in [1.29, 1.82) is 0 Å². The minimum Gasteiger partial charge on any atom is -0.481 e. The number of carbonyl (C=O) groups excluding carboxylic acids is 3. The Morgan fingerprint density at radius 1 is 0.884 bits per heavy atom. The van der Waals surface area contributed by atoms with Crippen LogP contribution in [0.1, 0.15) is 32.3 Å². The van der Waals surface area contributed by atoms with E-state index in [0.29, 0.717) is 22.8 Å². The summed E-state index contributed by atoms with van der Waals surface area (Å²) in [5, 5.41) is 17.4. The number of benzene rings is 3. The molecule has 2 atom stereocenters. The molecule has 0 radical (unpaired) electrons. The second-order valence-corrected chi connectivity index (χ2v) is 11.5. The van der Waals surface area contributed by atoms with E-state index in [1.54, 1.807) is 77.5 Å². The van der Waals surface area contributed by atoms with Gasteiger partial charge < -0.3 is 20.6 Å². The number of likely N-dealkylation sites (tertiary alicyclic amines) is 1. The molecule has 43 heavy (non-hydrogen) atoms. The molecule has 0 bridgehead atoms. The first-order valence-corrected chi connectivity index (χ1v) is 14.7. The highest BCUT2D eigenvalue weighted by Crippen LogP contribution is 2.34. The zero-order chi connectivity index (χ0) is 30.5. The van der Waals surface area contributed by atoms with Crippen molar-refractivity contribution in [3.05, 3.63) is 112 Å². The van der Waals surface area contributed by atoms with Gasteiger partial charge in [0.1, 0.15) is 0 Å². The number of carboxylic acid groups (broad SMARTS) is 1.